The lowest BCUT2D eigenvalue weighted by Gasteiger charge is -2.21. The first-order valence-corrected chi connectivity index (χ1v) is 5.89. The molecule has 3 nitrogen and oxygen atoms in total. The van der Waals surface area contributed by atoms with Crippen LogP contribution in [-0.2, 0) is 11.3 Å². The summed E-state index contributed by atoms with van der Waals surface area (Å²) in [6.45, 7) is 5.71. The standard InChI is InChI=1S/C14H20N2O/c1-11(2)14(10-17-3)16-9-13-7-5-4-6-12(13)8-15/h4-7,11,14,16H,9-10H2,1-3H3. The molecule has 0 saturated carbocycles. The highest BCUT2D eigenvalue weighted by Gasteiger charge is 2.12. The number of nitriles is 1. The highest BCUT2D eigenvalue weighted by atomic mass is 16.5. The largest absolute Gasteiger partial charge is 0.383 e. The molecular weight excluding hydrogens is 212 g/mol. The highest BCUT2D eigenvalue weighted by molar-refractivity contribution is 5.37. The summed E-state index contributed by atoms with van der Waals surface area (Å²) in [6, 6.07) is 10.2. The molecule has 1 unspecified atom stereocenters. The van der Waals surface area contributed by atoms with E-state index in [9.17, 15) is 0 Å². The maximum Gasteiger partial charge on any atom is 0.0995 e. The summed E-state index contributed by atoms with van der Waals surface area (Å²) in [5.74, 6) is 0.504. The van der Waals surface area contributed by atoms with Crippen LogP contribution in [0.2, 0.25) is 0 Å². The van der Waals surface area contributed by atoms with Gasteiger partial charge in [-0.05, 0) is 17.5 Å². The van der Waals surface area contributed by atoms with E-state index in [0.29, 0.717) is 25.1 Å². The van der Waals surface area contributed by atoms with Gasteiger partial charge in [-0.3, -0.25) is 0 Å². The zero-order valence-corrected chi connectivity index (χ0v) is 10.7. The molecular formula is C14H20N2O. The van der Waals surface area contributed by atoms with Crippen molar-refractivity contribution in [2.24, 2.45) is 5.92 Å². The Balaban J connectivity index is 2.62. The number of hydrogen-bond donors (Lipinski definition) is 1. The Kier molecular flexibility index (Phi) is 5.68. The van der Waals surface area contributed by atoms with Crippen LogP contribution in [0.5, 0.6) is 0 Å². The van der Waals surface area contributed by atoms with Crippen molar-refractivity contribution in [1.82, 2.24) is 5.32 Å². The molecule has 1 atom stereocenters. The van der Waals surface area contributed by atoms with Crippen LogP contribution < -0.4 is 5.32 Å². The van der Waals surface area contributed by atoms with Gasteiger partial charge in [0, 0.05) is 19.7 Å². The van der Waals surface area contributed by atoms with Gasteiger partial charge in [0.05, 0.1) is 18.2 Å². The summed E-state index contributed by atoms with van der Waals surface area (Å²) in [5.41, 5.74) is 1.77. The van der Waals surface area contributed by atoms with Crippen molar-refractivity contribution in [3.05, 3.63) is 35.4 Å². The maximum atomic E-state index is 8.99. The number of benzene rings is 1. The molecule has 0 spiro atoms. The SMILES string of the molecule is COCC(NCc1ccccc1C#N)C(C)C. The van der Waals surface area contributed by atoms with Crippen LogP contribution in [0.3, 0.4) is 0 Å². The van der Waals surface area contributed by atoms with Gasteiger partial charge in [-0.15, -0.1) is 0 Å². The van der Waals surface area contributed by atoms with Crippen molar-refractivity contribution in [2.45, 2.75) is 26.4 Å². The Morgan fingerprint density at radius 3 is 2.65 bits per heavy atom. The molecule has 92 valence electrons. The summed E-state index contributed by atoms with van der Waals surface area (Å²) >= 11 is 0. The molecule has 0 amide bonds. The average Bonchev–Trinajstić information content (AvgIpc) is 2.34. The molecule has 1 N–H and O–H groups in total. The Hall–Kier alpha value is -1.37. The fourth-order valence-electron chi connectivity index (χ4n) is 1.69. The lowest BCUT2D eigenvalue weighted by molar-refractivity contribution is 0.146. The van der Waals surface area contributed by atoms with Gasteiger partial charge in [0.25, 0.3) is 0 Å². The number of ether oxygens (including phenoxy) is 1. The minimum atomic E-state index is 0.312. The predicted molar refractivity (Wildman–Crippen MR) is 68.5 cm³/mol. The Bertz CT molecular complexity index is 382. The molecule has 3 heteroatoms. The molecule has 0 radical (unpaired) electrons. The topological polar surface area (TPSA) is 45.0 Å². The predicted octanol–water partition coefficient (Wildman–Crippen LogP) is 2.32. The second-order valence-corrected chi connectivity index (χ2v) is 4.46. The third kappa shape index (κ3) is 4.18. The highest BCUT2D eigenvalue weighted by Crippen LogP contribution is 2.09. The molecule has 0 aliphatic carbocycles. The lowest BCUT2D eigenvalue weighted by Crippen LogP contribution is -2.37. The van der Waals surface area contributed by atoms with Crippen molar-refractivity contribution in [3.8, 4) is 6.07 Å². The van der Waals surface area contributed by atoms with Crippen molar-refractivity contribution < 1.29 is 4.74 Å². The van der Waals surface area contributed by atoms with Gasteiger partial charge in [-0.1, -0.05) is 32.0 Å². The van der Waals surface area contributed by atoms with Gasteiger partial charge in [0.1, 0.15) is 0 Å². The Labute approximate surface area is 103 Å². The zero-order valence-electron chi connectivity index (χ0n) is 10.7. The first kappa shape index (κ1) is 13.7. The second-order valence-electron chi connectivity index (χ2n) is 4.46. The Morgan fingerprint density at radius 1 is 1.35 bits per heavy atom. The van der Waals surface area contributed by atoms with Crippen LogP contribution >= 0.6 is 0 Å². The molecule has 17 heavy (non-hydrogen) atoms. The van der Waals surface area contributed by atoms with Gasteiger partial charge in [-0.25, -0.2) is 0 Å². The minimum absolute atomic E-state index is 0.312. The molecule has 0 aliphatic rings. The average molecular weight is 232 g/mol. The van der Waals surface area contributed by atoms with Crippen LogP contribution in [-0.4, -0.2) is 19.8 Å². The third-order valence-electron chi connectivity index (χ3n) is 2.84. The fraction of sp³-hybridized carbons (Fsp3) is 0.500. The van der Waals surface area contributed by atoms with Crippen LogP contribution in [0.25, 0.3) is 0 Å². The molecule has 0 bridgehead atoms. The van der Waals surface area contributed by atoms with Crippen LogP contribution in [0.4, 0.5) is 0 Å². The third-order valence-corrected chi connectivity index (χ3v) is 2.84. The number of nitrogens with zero attached hydrogens (tertiary/aromatic N) is 1. The molecule has 0 fully saturated rings. The van der Waals surface area contributed by atoms with Gasteiger partial charge < -0.3 is 10.1 Å². The smallest absolute Gasteiger partial charge is 0.0995 e. The molecule has 0 saturated heterocycles. The van der Waals surface area contributed by atoms with Crippen LogP contribution in [0.1, 0.15) is 25.0 Å². The summed E-state index contributed by atoms with van der Waals surface area (Å²) in [4.78, 5) is 0. The molecule has 1 aromatic carbocycles. The quantitative estimate of drug-likeness (QED) is 0.818. The van der Waals surface area contributed by atoms with E-state index in [1.807, 2.05) is 24.3 Å². The molecule has 1 rings (SSSR count). The van der Waals surface area contributed by atoms with E-state index >= 15 is 0 Å². The molecule has 0 aromatic heterocycles. The zero-order chi connectivity index (χ0) is 12.7. The van der Waals surface area contributed by atoms with Gasteiger partial charge in [-0.2, -0.15) is 5.26 Å². The summed E-state index contributed by atoms with van der Waals surface area (Å²) in [7, 11) is 1.71. The monoisotopic (exact) mass is 232 g/mol. The van der Waals surface area contributed by atoms with E-state index < -0.39 is 0 Å². The molecule has 1 aromatic rings. The van der Waals surface area contributed by atoms with Crippen LogP contribution in [0.15, 0.2) is 24.3 Å². The Morgan fingerprint density at radius 2 is 2.06 bits per heavy atom. The normalized spacial score (nSPS) is 12.4. The van der Waals surface area contributed by atoms with Crippen molar-refractivity contribution in [1.29, 1.82) is 5.26 Å². The van der Waals surface area contributed by atoms with E-state index in [1.54, 1.807) is 7.11 Å². The first-order chi connectivity index (χ1) is 8.19. The van der Waals surface area contributed by atoms with E-state index in [1.165, 1.54) is 0 Å². The van der Waals surface area contributed by atoms with E-state index in [4.69, 9.17) is 10.00 Å². The van der Waals surface area contributed by atoms with Gasteiger partial charge in [0.15, 0.2) is 0 Å². The van der Waals surface area contributed by atoms with Crippen molar-refractivity contribution in [2.75, 3.05) is 13.7 Å². The fourth-order valence-corrected chi connectivity index (χ4v) is 1.69. The molecule has 0 heterocycles. The number of methoxy groups -OCH3 is 1. The lowest BCUT2D eigenvalue weighted by atomic mass is 10.0. The van der Waals surface area contributed by atoms with E-state index in [-0.39, 0.29) is 0 Å². The van der Waals surface area contributed by atoms with Crippen LogP contribution in [0, 0.1) is 17.2 Å². The molecule has 0 aliphatic heterocycles. The maximum absolute atomic E-state index is 8.99. The van der Waals surface area contributed by atoms with E-state index in [2.05, 4.69) is 25.2 Å². The summed E-state index contributed by atoms with van der Waals surface area (Å²) in [6.07, 6.45) is 0. The minimum Gasteiger partial charge on any atom is -0.383 e. The van der Waals surface area contributed by atoms with Gasteiger partial charge in [0.2, 0.25) is 0 Å². The number of nitrogens with one attached hydrogen (secondary N) is 1. The number of rotatable bonds is 6. The van der Waals surface area contributed by atoms with Crippen molar-refractivity contribution >= 4 is 0 Å². The number of hydrogen-bond acceptors (Lipinski definition) is 3. The summed E-state index contributed by atoms with van der Waals surface area (Å²) < 4.78 is 5.18. The van der Waals surface area contributed by atoms with E-state index in [0.717, 1.165) is 11.1 Å². The first-order valence-electron chi connectivity index (χ1n) is 5.89. The van der Waals surface area contributed by atoms with Crippen molar-refractivity contribution in [3.63, 3.8) is 0 Å². The van der Waals surface area contributed by atoms with Gasteiger partial charge >= 0.3 is 0 Å². The summed E-state index contributed by atoms with van der Waals surface area (Å²) in [5, 5.41) is 12.4. The second kappa shape index (κ2) is 7.05.